The summed E-state index contributed by atoms with van der Waals surface area (Å²) in [6, 6.07) is 2.16. The van der Waals surface area contributed by atoms with E-state index < -0.39 is 0 Å². The molecule has 132 valence electrons. The average molecular weight is 331 g/mol. The van der Waals surface area contributed by atoms with Crippen LogP contribution in [0.1, 0.15) is 43.1 Å². The van der Waals surface area contributed by atoms with Crippen molar-refractivity contribution in [3.05, 3.63) is 17.6 Å². The summed E-state index contributed by atoms with van der Waals surface area (Å²) in [5.41, 5.74) is 1.10. The van der Waals surface area contributed by atoms with Crippen molar-refractivity contribution in [1.29, 1.82) is 0 Å². The maximum absolute atomic E-state index is 12.4. The van der Waals surface area contributed by atoms with Gasteiger partial charge in [0, 0.05) is 38.2 Å². The quantitative estimate of drug-likeness (QED) is 0.840. The first-order chi connectivity index (χ1) is 11.5. The van der Waals surface area contributed by atoms with Crippen molar-refractivity contribution in [2.24, 2.45) is 0 Å². The Labute approximate surface area is 144 Å². The van der Waals surface area contributed by atoms with Crippen molar-refractivity contribution in [3.8, 4) is 0 Å². The second kappa shape index (κ2) is 7.47. The Hall–Kier alpha value is -1.69. The van der Waals surface area contributed by atoms with E-state index in [1.54, 1.807) is 0 Å². The van der Waals surface area contributed by atoms with Crippen LogP contribution < -0.4 is 4.90 Å². The lowest BCUT2D eigenvalue weighted by Crippen LogP contribution is -2.43. The lowest BCUT2D eigenvalue weighted by Gasteiger charge is -2.33. The van der Waals surface area contributed by atoms with Gasteiger partial charge in [-0.3, -0.25) is 4.79 Å². The minimum Gasteiger partial charge on any atom is -0.357 e. The SMILES string of the molecule is Cc1nc([C@@H]2CCCN(C(=O)CN(C)C)C2)cc(N2CCCC2)n1. The number of aromatic nitrogens is 2. The van der Waals surface area contributed by atoms with Gasteiger partial charge in [-0.25, -0.2) is 9.97 Å². The lowest BCUT2D eigenvalue weighted by molar-refractivity contribution is -0.133. The molecule has 2 fully saturated rings. The molecule has 0 bridgehead atoms. The van der Waals surface area contributed by atoms with Gasteiger partial charge in [-0.15, -0.1) is 0 Å². The van der Waals surface area contributed by atoms with E-state index in [1.807, 2.05) is 30.8 Å². The molecule has 1 atom stereocenters. The number of amides is 1. The Kier molecular flexibility index (Phi) is 5.33. The topological polar surface area (TPSA) is 52.6 Å². The molecule has 2 saturated heterocycles. The number of likely N-dealkylation sites (tertiary alicyclic amines) is 1. The van der Waals surface area contributed by atoms with Crippen LogP contribution in [0.5, 0.6) is 0 Å². The molecule has 1 aromatic heterocycles. The van der Waals surface area contributed by atoms with Crippen molar-refractivity contribution < 1.29 is 4.79 Å². The van der Waals surface area contributed by atoms with Gasteiger partial charge in [0.1, 0.15) is 11.6 Å². The second-order valence-electron chi connectivity index (χ2n) is 7.31. The minimum atomic E-state index is 0.218. The zero-order chi connectivity index (χ0) is 17.1. The third-order valence-corrected chi connectivity index (χ3v) is 4.92. The first-order valence-corrected chi connectivity index (χ1v) is 9.06. The molecule has 3 rings (SSSR count). The van der Waals surface area contributed by atoms with Gasteiger partial charge in [0.25, 0.3) is 0 Å². The zero-order valence-electron chi connectivity index (χ0n) is 15.2. The second-order valence-corrected chi connectivity index (χ2v) is 7.31. The van der Waals surface area contributed by atoms with Crippen LogP contribution in [-0.4, -0.2) is 72.5 Å². The van der Waals surface area contributed by atoms with Crippen LogP contribution in [0.15, 0.2) is 6.07 Å². The van der Waals surface area contributed by atoms with Gasteiger partial charge in [-0.2, -0.15) is 0 Å². The average Bonchev–Trinajstić information content (AvgIpc) is 3.08. The summed E-state index contributed by atoms with van der Waals surface area (Å²) in [5, 5.41) is 0. The largest absolute Gasteiger partial charge is 0.357 e. The van der Waals surface area contributed by atoms with E-state index in [4.69, 9.17) is 4.98 Å². The van der Waals surface area contributed by atoms with Gasteiger partial charge in [0.2, 0.25) is 5.91 Å². The maximum atomic E-state index is 12.4. The molecule has 1 amide bonds. The number of carbonyl (C=O) groups is 1. The number of nitrogens with zero attached hydrogens (tertiary/aromatic N) is 5. The molecular formula is C18H29N5O. The van der Waals surface area contributed by atoms with Crippen LogP contribution in [0.25, 0.3) is 0 Å². The first-order valence-electron chi connectivity index (χ1n) is 9.06. The van der Waals surface area contributed by atoms with Gasteiger partial charge >= 0.3 is 0 Å². The molecule has 3 heterocycles. The summed E-state index contributed by atoms with van der Waals surface area (Å²) in [6.45, 7) is 6.28. The zero-order valence-corrected chi connectivity index (χ0v) is 15.2. The fourth-order valence-corrected chi connectivity index (χ4v) is 3.71. The van der Waals surface area contributed by atoms with Gasteiger partial charge in [0.05, 0.1) is 12.2 Å². The molecule has 6 heteroatoms. The minimum absolute atomic E-state index is 0.218. The van der Waals surface area contributed by atoms with Crippen LogP contribution in [0.4, 0.5) is 5.82 Å². The molecule has 6 nitrogen and oxygen atoms in total. The highest BCUT2D eigenvalue weighted by molar-refractivity contribution is 5.78. The standard InChI is InChI=1S/C18H29N5O/c1-14-19-16(11-17(20-14)22-8-4-5-9-22)15-7-6-10-23(12-15)18(24)13-21(2)3/h11,15H,4-10,12-13H2,1-3H3/t15-/m1/s1. The van der Waals surface area contributed by atoms with E-state index in [-0.39, 0.29) is 5.91 Å². The number of carbonyl (C=O) groups excluding carboxylic acids is 1. The van der Waals surface area contributed by atoms with Gasteiger partial charge < -0.3 is 14.7 Å². The van der Waals surface area contributed by atoms with E-state index in [0.29, 0.717) is 12.5 Å². The number of rotatable bonds is 4. The number of likely N-dealkylation sites (N-methyl/N-ethyl adjacent to an activating group) is 1. The summed E-state index contributed by atoms with van der Waals surface area (Å²) in [7, 11) is 3.88. The molecule has 0 aromatic carbocycles. The van der Waals surface area contributed by atoms with Gasteiger partial charge in [-0.1, -0.05) is 0 Å². The number of aryl methyl sites for hydroxylation is 1. The Morgan fingerprint density at radius 3 is 2.67 bits per heavy atom. The predicted octanol–water partition coefficient (Wildman–Crippen LogP) is 1.65. The van der Waals surface area contributed by atoms with Crippen molar-refractivity contribution in [2.45, 2.75) is 38.5 Å². The highest BCUT2D eigenvalue weighted by Crippen LogP contribution is 2.28. The van der Waals surface area contributed by atoms with Crippen molar-refractivity contribution in [3.63, 3.8) is 0 Å². The van der Waals surface area contributed by atoms with Crippen LogP contribution >= 0.6 is 0 Å². The Bertz CT molecular complexity index is 583. The fraction of sp³-hybridized carbons (Fsp3) is 0.722. The van der Waals surface area contributed by atoms with E-state index in [1.165, 1.54) is 12.8 Å². The highest BCUT2D eigenvalue weighted by Gasteiger charge is 2.27. The molecule has 0 radical (unpaired) electrons. The molecule has 0 saturated carbocycles. The van der Waals surface area contributed by atoms with Gasteiger partial charge in [-0.05, 0) is 46.7 Å². The monoisotopic (exact) mass is 331 g/mol. The molecule has 2 aliphatic heterocycles. The number of hydrogen-bond donors (Lipinski definition) is 0. The normalized spacial score (nSPS) is 21.6. The van der Waals surface area contributed by atoms with Crippen molar-refractivity contribution >= 4 is 11.7 Å². The number of anilines is 1. The predicted molar refractivity (Wildman–Crippen MR) is 95.3 cm³/mol. The van der Waals surface area contributed by atoms with Crippen molar-refractivity contribution in [1.82, 2.24) is 19.8 Å². The van der Waals surface area contributed by atoms with E-state index in [9.17, 15) is 4.79 Å². The molecule has 0 spiro atoms. The fourth-order valence-electron chi connectivity index (χ4n) is 3.71. The summed E-state index contributed by atoms with van der Waals surface area (Å²) >= 11 is 0. The molecule has 24 heavy (non-hydrogen) atoms. The third kappa shape index (κ3) is 4.04. The van der Waals surface area contributed by atoms with E-state index in [0.717, 1.165) is 56.4 Å². The molecular weight excluding hydrogens is 302 g/mol. The Balaban J connectivity index is 1.74. The van der Waals surface area contributed by atoms with Crippen LogP contribution in [0.2, 0.25) is 0 Å². The molecule has 2 aliphatic rings. The highest BCUT2D eigenvalue weighted by atomic mass is 16.2. The number of piperidine rings is 1. The van der Waals surface area contributed by atoms with Crippen LogP contribution in [0.3, 0.4) is 0 Å². The summed E-state index contributed by atoms with van der Waals surface area (Å²) in [4.78, 5) is 28.0. The Morgan fingerprint density at radius 2 is 1.96 bits per heavy atom. The summed E-state index contributed by atoms with van der Waals surface area (Å²) < 4.78 is 0. The van der Waals surface area contributed by atoms with E-state index in [2.05, 4.69) is 16.0 Å². The lowest BCUT2D eigenvalue weighted by atomic mass is 9.94. The van der Waals surface area contributed by atoms with E-state index >= 15 is 0 Å². The Morgan fingerprint density at radius 1 is 1.21 bits per heavy atom. The van der Waals surface area contributed by atoms with Crippen LogP contribution in [-0.2, 0) is 4.79 Å². The summed E-state index contributed by atoms with van der Waals surface area (Å²) in [6.07, 6.45) is 4.64. The maximum Gasteiger partial charge on any atom is 0.236 e. The summed E-state index contributed by atoms with van der Waals surface area (Å²) in [5.74, 6) is 2.45. The van der Waals surface area contributed by atoms with Crippen LogP contribution in [0, 0.1) is 6.92 Å². The molecule has 0 aliphatic carbocycles. The smallest absolute Gasteiger partial charge is 0.236 e. The third-order valence-electron chi connectivity index (χ3n) is 4.92. The molecule has 0 N–H and O–H groups in total. The molecule has 1 aromatic rings. The first kappa shape index (κ1) is 17.1. The van der Waals surface area contributed by atoms with Gasteiger partial charge in [0.15, 0.2) is 0 Å². The van der Waals surface area contributed by atoms with Crippen molar-refractivity contribution in [2.75, 3.05) is 51.7 Å². The number of hydrogen-bond acceptors (Lipinski definition) is 5. The molecule has 0 unspecified atom stereocenters.